The van der Waals surface area contributed by atoms with Crippen molar-refractivity contribution in [3.05, 3.63) is 58.8 Å². The van der Waals surface area contributed by atoms with E-state index < -0.39 is 4.92 Å². The Labute approximate surface area is 143 Å². The summed E-state index contributed by atoms with van der Waals surface area (Å²) in [6.45, 7) is 0.597. The number of non-ortho nitro benzene ring substituents is 1. The van der Waals surface area contributed by atoms with Crippen molar-refractivity contribution >= 4 is 33.9 Å². The van der Waals surface area contributed by atoms with E-state index in [0.717, 1.165) is 16.6 Å². The molecule has 8 heteroatoms. The second kappa shape index (κ2) is 7.43. The summed E-state index contributed by atoms with van der Waals surface area (Å²) in [5.74, 6) is -0.0763. The lowest BCUT2D eigenvalue weighted by Gasteiger charge is -2.08. The molecule has 0 aliphatic heterocycles. The summed E-state index contributed by atoms with van der Waals surface area (Å²) in [6, 6.07) is 11.8. The largest absolute Gasteiger partial charge is 0.385 e. The van der Waals surface area contributed by atoms with Gasteiger partial charge in [0.1, 0.15) is 0 Å². The molecule has 0 bridgehead atoms. The second-order valence-electron chi connectivity index (χ2n) is 5.52. The molecule has 0 fully saturated rings. The Morgan fingerprint density at radius 1 is 1.20 bits per heavy atom. The first kappa shape index (κ1) is 16.4. The molecule has 1 amide bonds. The molecule has 8 nitrogen and oxygen atoms in total. The first-order chi connectivity index (χ1) is 12.1. The minimum atomic E-state index is -0.436. The third-order valence-electron chi connectivity index (χ3n) is 3.74. The van der Waals surface area contributed by atoms with Crippen LogP contribution < -0.4 is 10.6 Å². The number of aromatic amines is 1. The second-order valence-corrected chi connectivity index (χ2v) is 5.52. The van der Waals surface area contributed by atoms with Gasteiger partial charge < -0.3 is 10.6 Å². The Hall–Kier alpha value is -3.42. The molecule has 0 radical (unpaired) electrons. The number of rotatable bonds is 7. The number of amides is 1. The Bertz CT molecular complexity index is 889. The quantitative estimate of drug-likeness (QED) is 0.347. The lowest BCUT2D eigenvalue weighted by Crippen LogP contribution is -2.13. The average Bonchev–Trinajstić information content (AvgIpc) is 3.09. The van der Waals surface area contributed by atoms with Crippen LogP contribution in [0.4, 0.5) is 17.1 Å². The fourth-order valence-electron chi connectivity index (χ4n) is 2.47. The van der Waals surface area contributed by atoms with Crippen molar-refractivity contribution in [2.24, 2.45) is 0 Å². The zero-order valence-electron chi connectivity index (χ0n) is 13.4. The number of carbonyl (C=O) groups excluding carboxylic acids is 1. The molecule has 3 rings (SSSR count). The van der Waals surface area contributed by atoms with Crippen LogP contribution in [0.1, 0.15) is 12.8 Å². The fourth-order valence-corrected chi connectivity index (χ4v) is 2.47. The number of carbonyl (C=O) groups is 1. The lowest BCUT2D eigenvalue weighted by atomic mass is 10.2. The predicted molar refractivity (Wildman–Crippen MR) is 95.5 cm³/mol. The van der Waals surface area contributed by atoms with E-state index in [0.29, 0.717) is 25.1 Å². The van der Waals surface area contributed by atoms with Gasteiger partial charge in [-0.25, -0.2) is 0 Å². The van der Waals surface area contributed by atoms with E-state index in [1.54, 1.807) is 18.3 Å². The minimum absolute atomic E-state index is 0.0536. The monoisotopic (exact) mass is 339 g/mol. The molecule has 1 heterocycles. The number of para-hydroxylation sites is 1. The fraction of sp³-hybridized carbons (Fsp3) is 0.176. The van der Waals surface area contributed by atoms with Gasteiger partial charge in [0.05, 0.1) is 22.3 Å². The summed E-state index contributed by atoms with van der Waals surface area (Å²) < 4.78 is 0. The molecule has 25 heavy (non-hydrogen) atoms. The van der Waals surface area contributed by atoms with Crippen LogP contribution in [0.3, 0.4) is 0 Å². The smallest absolute Gasteiger partial charge is 0.269 e. The Morgan fingerprint density at radius 2 is 2.00 bits per heavy atom. The number of anilines is 2. The van der Waals surface area contributed by atoms with Crippen LogP contribution in [-0.2, 0) is 4.79 Å². The Balaban J connectivity index is 1.45. The highest BCUT2D eigenvalue weighted by atomic mass is 16.6. The zero-order valence-corrected chi connectivity index (χ0v) is 13.4. The molecule has 0 saturated heterocycles. The van der Waals surface area contributed by atoms with E-state index in [9.17, 15) is 14.9 Å². The Kier molecular flexibility index (Phi) is 4.89. The highest BCUT2D eigenvalue weighted by Gasteiger charge is 2.07. The average molecular weight is 339 g/mol. The number of hydrogen-bond acceptors (Lipinski definition) is 5. The van der Waals surface area contributed by atoms with Crippen molar-refractivity contribution in [3.8, 4) is 0 Å². The summed E-state index contributed by atoms with van der Waals surface area (Å²) in [5.41, 5.74) is 2.36. The number of nitrogens with zero attached hydrogens (tertiary/aromatic N) is 2. The number of nitrogens with one attached hydrogen (secondary N) is 3. The minimum Gasteiger partial charge on any atom is -0.385 e. The Morgan fingerprint density at radius 3 is 2.76 bits per heavy atom. The van der Waals surface area contributed by atoms with Gasteiger partial charge in [-0.1, -0.05) is 12.1 Å². The van der Waals surface area contributed by atoms with Gasteiger partial charge in [-0.05, 0) is 24.6 Å². The van der Waals surface area contributed by atoms with Gasteiger partial charge in [-0.2, -0.15) is 5.10 Å². The van der Waals surface area contributed by atoms with Crippen LogP contribution in [0, 0.1) is 10.1 Å². The van der Waals surface area contributed by atoms with Crippen LogP contribution in [0.2, 0.25) is 0 Å². The number of aromatic nitrogens is 2. The first-order valence-electron chi connectivity index (χ1n) is 7.84. The maximum atomic E-state index is 12.1. The molecule has 3 N–H and O–H groups in total. The van der Waals surface area contributed by atoms with Crippen LogP contribution in [0.5, 0.6) is 0 Å². The van der Waals surface area contributed by atoms with Crippen LogP contribution in [-0.4, -0.2) is 27.6 Å². The molecule has 0 saturated carbocycles. The predicted octanol–water partition coefficient (Wildman–Crippen LogP) is 3.30. The van der Waals surface area contributed by atoms with E-state index >= 15 is 0 Å². The van der Waals surface area contributed by atoms with Gasteiger partial charge in [0, 0.05) is 36.2 Å². The van der Waals surface area contributed by atoms with Crippen molar-refractivity contribution in [1.82, 2.24) is 10.2 Å². The number of nitro groups is 1. The van der Waals surface area contributed by atoms with Gasteiger partial charge in [-0.15, -0.1) is 0 Å². The number of benzene rings is 2. The highest BCUT2D eigenvalue weighted by molar-refractivity contribution is 6.00. The summed E-state index contributed by atoms with van der Waals surface area (Å²) in [7, 11) is 0. The summed E-state index contributed by atoms with van der Waals surface area (Å²) in [5, 5.41) is 24.4. The molecule has 128 valence electrons. The molecule has 0 unspecified atom stereocenters. The third-order valence-corrected chi connectivity index (χ3v) is 3.74. The maximum Gasteiger partial charge on any atom is 0.269 e. The SMILES string of the molecule is O=C(CCCNc1ccc([N+](=O)[O-])cc1)Nc1cccc2cn[nH]c12. The summed E-state index contributed by atoms with van der Waals surface area (Å²) in [6.07, 6.45) is 2.71. The number of H-pyrrole nitrogens is 1. The third kappa shape index (κ3) is 4.11. The number of nitro benzene ring substituents is 1. The van der Waals surface area contributed by atoms with Crippen molar-refractivity contribution < 1.29 is 9.72 Å². The number of hydrogen-bond donors (Lipinski definition) is 3. The normalized spacial score (nSPS) is 10.6. The van der Waals surface area contributed by atoms with E-state index in [1.807, 2.05) is 18.2 Å². The maximum absolute atomic E-state index is 12.1. The number of fused-ring (bicyclic) bond motifs is 1. The van der Waals surface area contributed by atoms with Crippen LogP contribution >= 0.6 is 0 Å². The first-order valence-corrected chi connectivity index (χ1v) is 7.84. The summed E-state index contributed by atoms with van der Waals surface area (Å²) in [4.78, 5) is 22.2. The van der Waals surface area contributed by atoms with Gasteiger partial charge in [-0.3, -0.25) is 20.0 Å². The van der Waals surface area contributed by atoms with Gasteiger partial charge in [0.15, 0.2) is 0 Å². The lowest BCUT2D eigenvalue weighted by molar-refractivity contribution is -0.384. The van der Waals surface area contributed by atoms with E-state index in [-0.39, 0.29) is 11.6 Å². The van der Waals surface area contributed by atoms with E-state index in [2.05, 4.69) is 20.8 Å². The zero-order chi connectivity index (χ0) is 17.6. The van der Waals surface area contributed by atoms with E-state index in [1.165, 1.54) is 12.1 Å². The molecule has 0 spiro atoms. The molecular formula is C17H17N5O3. The van der Waals surface area contributed by atoms with Gasteiger partial charge in [0.25, 0.3) is 5.69 Å². The van der Waals surface area contributed by atoms with Crippen LogP contribution in [0.15, 0.2) is 48.7 Å². The van der Waals surface area contributed by atoms with Gasteiger partial charge in [0.2, 0.25) is 5.91 Å². The molecule has 2 aromatic carbocycles. The molecule has 0 atom stereocenters. The molecule has 0 aliphatic carbocycles. The molecule has 1 aromatic heterocycles. The molecular weight excluding hydrogens is 322 g/mol. The van der Waals surface area contributed by atoms with Crippen molar-refractivity contribution in [1.29, 1.82) is 0 Å². The summed E-state index contributed by atoms with van der Waals surface area (Å²) >= 11 is 0. The molecule has 0 aliphatic rings. The van der Waals surface area contributed by atoms with Crippen molar-refractivity contribution in [2.75, 3.05) is 17.2 Å². The van der Waals surface area contributed by atoms with Crippen molar-refractivity contribution in [2.45, 2.75) is 12.8 Å². The molecule has 3 aromatic rings. The van der Waals surface area contributed by atoms with Gasteiger partial charge >= 0.3 is 0 Å². The topological polar surface area (TPSA) is 113 Å². The standard InChI is InChI=1S/C17H17N5O3/c23-16(20-15-4-1-3-12-11-19-21-17(12)15)5-2-10-18-13-6-8-14(9-7-13)22(24)25/h1,3-4,6-9,11,18H,2,5,10H2,(H,19,21)(H,20,23). The van der Waals surface area contributed by atoms with E-state index in [4.69, 9.17) is 0 Å². The van der Waals surface area contributed by atoms with Crippen LogP contribution in [0.25, 0.3) is 10.9 Å². The highest BCUT2D eigenvalue weighted by Crippen LogP contribution is 2.20. The van der Waals surface area contributed by atoms with Crippen molar-refractivity contribution in [3.63, 3.8) is 0 Å².